The molecule has 0 atom stereocenters. The van der Waals surface area contributed by atoms with Crippen LogP contribution in [0.25, 0.3) is 0 Å². The summed E-state index contributed by atoms with van der Waals surface area (Å²) in [7, 11) is -1.13. The van der Waals surface area contributed by atoms with Crippen LogP contribution in [-0.2, 0) is 4.43 Å². The van der Waals surface area contributed by atoms with E-state index in [0.717, 1.165) is 0 Å². The van der Waals surface area contributed by atoms with Crippen LogP contribution in [0.3, 0.4) is 0 Å². The molecule has 1 N–H and O–H groups in total. The summed E-state index contributed by atoms with van der Waals surface area (Å²) in [4.78, 5) is 0. The molecule has 0 radical (unpaired) electrons. The van der Waals surface area contributed by atoms with Crippen molar-refractivity contribution >= 4 is 16.2 Å². The average Bonchev–Trinajstić information content (AvgIpc) is 1.78. The highest BCUT2D eigenvalue weighted by molar-refractivity contribution is 6.29. The van der Waals surface area contributed by atoms with Crippen molar-refractivity contribution in [1.29, 1.82) is 5.41 Å². The van der Waals surface area contributed by atoms with Gasteiger partial charge in [-0.1, -0.05) is 0 Å². The molecule has 0 saturated carbocycles. The van der Waals surface area contributed by atoms with Gasteiger partial charge in [-0.25, -0.2) is 0 Å². The predicted octanol–water partition coefficient (Wildman–Crippen LogP) is 1.06. The third-order valence-electron chi connectivity index (χ3n) is 0.806. The standard InChI is InChI=1S/C4H8F3NOSi/c5-4(6,7)1-2-10-9-3-8/h3,8H,1-2,10H2. The first-order chi connectivity index (χ1) is 4.56. The summed E-state index contributed by atoms with van der Waals surface area (Å²) in [6, 6.07) is 0.0544. The van der Waals surface area contributed by atoms with Gasteiger partial charge in [0.25, 0.3) is 0 Å². The Morgan fingerprint density at radius 1 is 1.50 bits per heavy atom. The van der Waals surface area contributed by atoms with Crippen molar-refractivity contribution in [2.45, 2.75) is 18.6 Å². The molecule has 0 aliphatic carbocycles. The molecule has 0 aromatic carbocycles. The predicted molar refractivity (Wildman–Crippen MR) is 33.9 cm³/mol. The Hall–Kier alpha value is -0.523. The van der Waals surface area contributed by atoms with Gasteiger partial charge in [-0.3, -0.25) is 5.41 Å². The summed E-state index contributed by atoms with van der Waals surface area (Å²) >= 11 is 0. The van der Waals surface area contributed by atoms with Crippen LogP contribution in [0.2, 0.25) is 6.04 Å². The van der Waals surface area contributed by atoms with E-state index in [4.69, 9.17) is 5.41 Å². The van der Waals surface area contributed by atoms with Gasteiger partial charge in [-0.05, 0) is 6.04 Å². The van der Waals surface area contributed by atoms with Gasteiger partial charge in [-0.15, -0.1) is 0 Å². The van der Waals surface area contributed by atoms with Crippen LogP contribution in [0, 0.1) is 5.41 Å². The molecule has 0 aliphatic rings. The maximum absolute atomic E-state index is 11.4. The average molecular weight is 171 g/mol. The van der Waals surface area contributed by atoms with Gasteiger partial charge in [0, 0.05) is 6.42 Å². The molecule has 0 unspecified atom stereocenters. The minimum absolute atomic E-state index is 0.0544. The Kier molecular flexibility index (Phi) is 4.09. The summed E-state index contributed by atoms with van der Waals surface area (Å²) < 4.78 is 38.6. The highest BCUT2D eigenvalue weighted by Gasteiger charge is 2.26. The van der Waals surface area contributed by atoms with Crippen LogP contribution < -0.4 is 0 Å². The summed E-state index contributed by atoms with van der Waals surface area (Å²) in [5.74, 6) is 0. The largest absolute Gasteiger partial charge is 0.542 e. The zero-order valence-electron chi connectivity index (χ0n) is 5.24. The van der Waals surface area contributed by atoms with E-state index < -0.39 is 22.4 Å². The van der Waals surface area contributed by atoms with Crippen molar-refractivity contribution in [2.24, 2.45) is 0 Å². The van der Waals surface area contributed by atoms with Crippen molar-refractivity contribution in [3.05, 3.63) is 0 Å². The molecule has 0 spiro atoms. The zero-order chi connectivity index (χ0) is 8.04. The molecule has 0 bridgehead atoms. The van der Waals surface area contributed by atoms with Crippen molar-refractivity contribution in [3.8, 4) is 0 Å². The number of halogens is 3. The molecule has 6 heteroatoms. The number of nitrogens with one attached hydrogen (secondary N) is 1. The summed E-state index contributed by atoms with van der Waals surface area (Å²) in [6.45, 7) is 0. The molecule has 0 rings (SSSR count). The normalized spacial score (nSPS) is 12.3. The van der Waals surface area contributed by atoms with Gasteiger partial charge >= 0.3 is 6.18 Å². The molecular formula is C4H8F3NOSi. The second-order valence-corrected chi connectivity index (χ2v) is 3.16. The number of hydrogen-bond acceptors (Lipinski definition) is 2. The molecule has 2 nitrogen and oxygen atoms in total. The van der Waals surface area contributed by atoms with Crippen LogP contribution in [0.4, 0.5) is 13.2 Å². The highest BCUT2D eigenvalue weighted by atomic mass is 28.2. The summed E-state index contributed by atoms with van der Waals surface area (Å²) in [5, 5.41) is 6.34. The van der Waals surface area contributed by atoms with Gasteiger partial charge in [0.05, 0.1) is 0 Å². The minimum Gasteiger partial charge on any atom is -0.542 e. The zero-order valence-corrected chi connectivity index (χ0v) is 6.66. The Morgan fingerprint density at radius 2 is 2.10 bits per heavy atom. The van der Waals surface area contributed by atoms with Crippen LogP contribution in [0.15, 0.2) is 0 Å². The van der Waals surface area contributed by atoms with Gasteiger partial charge in [0.2, 0.25) is 9.76 Å². The Labute approximate surface area is 58.8 Å². The topological polar surface area (TPSA) is 33.1 Å². The Balaban J connectivity index is 3.12. The fraction of sp³-hybridized carbons (Fsp3) is 0.750. The molecule has 0 aromatic heterocycles. The third-order valence-corrected chi connectivity index (χ3v) is 1.85. The van der Waals surface area contributed by atoms with Crippen molar-refractivity contribution < 1.29 is 17.6 Å². The molecule has 0 heterocycles. The number of alkyl halides is 3. The van der Waals surface area contributed by atoms with E-state index in [1.54, 1.807) is 0 Å². The van der Waals surface area contributed by atoms with Gasteiger partial charge in [0.1, 0.15) is 0 Å². The van der Waals surface area contributed by atoms with Crippen LogP contribution in [-0.4, -0.2) is 22.3 Å². The van der Waals surface area contributed by atoms with Crippen molar-refractivity contribution in [1.82, 2.24) is 0 Å². The Morgan fingerprint density at radius 3 is 2.50 bits per heavy atom. The third kappa shape index (κ3) is 7.48. The van der Waals surface area contributed by atoms with Gasteiger partial charge in [0.15, 0.2) is 6.40 Å². The van der Waals surface area contributed by atoms with E-state index in [2.05, 4.69) is 4.43 Å². The molecule has 0 saturated heterocycles. The van der Waals surface area contributed by atoms with Gasteiger partial charge < -0.3 is 4.43 Å². The lowest BCUT2D eigenvalue weighted by atomic mass is 10.5. The molecule has 0 amide bonds. The van der Waals surface area contributed by atoms with E-state index in [0.29, 0.717) is 6.40 Å². The lowest BCUT2D eigenvalue weighted by Gasteiger charge is -2.03. The fourth-order valence-electron chi connectivity index (χ4n) is 0.415. The molecule has 0 aliphatic heterocycles. The first kappa shape index (κ1) is 9.48. The molecule has 60 valence electrons. The van der Waals surface area contributed by atoms with E-state index in [9.17, 15) is 13.2 Å². The lowest BCUT2D eigenvalue weighted by molar-refractivity contribution is -0.130. The SMILES string of the molecule is N=CO[SiH2]CCC(F)(F)F. The van der Waals surface area contributed by atoms with Gasteiger partial charge in [-0.2, -0.15) is 13.2 Å². The summed E-state index contributed by atoms with van der Waals surface area (Å²) in [6.07, 6.45) is -4.16. The first-order valence-corrected chi connectivity index (χ1v) is 4.31. The van der Waals surface area contributed by atoms with E-state index in [1.165, 1.54) is 0 Å². The second-order valence-electron chi connectivity index (χ2n) is 1.71. The lowest BCUT2D eigenvalue weighted by Crippen LogP contribution is -2.09. The minimum atomic E-state index is -4.07. The van der Waals surface area contributed by atoms with E-state index >= 15 is 0 Å². The van der Waals surface area contributed by atoms with Crippen LogP contribution in [0.5, 0.6) is 0 Å². The summed E-state index contributed by atoms with van der Waals surface area (Å²) in [5.41, 5.74) is 0. The maximum Gasteiger partial charge on any atom is 0.388 e. The Bertz CT molecular complexity index is 105. The quantitative estimate of drug-likeness (QED) is 0.292. The maximum atomic E-state index is 11.4. The molecule has 10 heavy (non-hydrogen) atoms. The highest BCUT2D eigenvalue weighted by Crippen LogP contribution is 2.20. The second kappa shape index (κ2) is 4.32. The number of hydrogen-bond donors (Lipinski definition) is 1. The van der Waals surface area contributed by atoms with E-state index in [1.807, 2.05) is 0 Å². The van der Waals surface area contributed by atoms with Crippen molar-refractivity contribution in [3.63, 3.8) is 0 Å². The van der Waals surface area contributed by atoms with Crippen molar-refractivity contribution in [2.75, 3.05) is 0 Å². The van der Waals surface area contributed by atoms with E-state index in [-0.39, 0.29) is 6.04 Å². The molecule has 0 fully saturated rings. The number of rotatable bonds is 4. The smallest absolute Gasteiger partial charge is 0.388 e. The van der Waals surface area contributed by atoms with Crippen LogP contribution in [0.1, 0.15) is 6.42 Å². The monoisotopic (exact) mass is 171 g/mol. The fourth-order valence-corrected chi connectivity index (χ4v) is 1.24. The molecule has 0 aromatic rings. The van der Waals surface area contributed by atoms with Crippen LogP contribution >= 0.6 is 0 Å². The molecular weight excluding hydrogens is 163 g/mol. The first-order valence-electron chi connectivity index (χ1n) is 2.73.